The van der Waals surface area contributed by atoms with Crippen LogP contribution in [0.2, 0.25) is 5.02 Å². The Morgan fingerprint density at radius 1 is 1.21 bits per heavy atom. The molecular weight excluding hydrogens is 386 g/mol. The Labute approximate surface area is 166 Å². The third-order valence-electron chi connectivity index (χ3n) is 5.86. The molecule has 0 spiro atoms. The zero-order valence-electron chi connectivity index (χ0n) is 15.5. The molecular formula is C20H18ClNO6. The molecule has 8 heteroatoms. The van der Waals surface area contributed by atoms with Gasteiger partial charge in [0.2, 0.25) is 11.8 Å². The second-order valence-electron chi connectivity index (χ2n) is 7.30. The zero-order valence-corrected chi connectivity index (χ0v) is 16.3. The number of fused-ring (bicyclic) bond motifs is 1. The predicted octanol–water partition coefficient (Wildman–Crippen LogP) is 2.27. The molecule has 146 valence electrons. The number of hydrogen-bond donors (Lipinski definition) is 0. The monoisotopic (exact) mass is 403 g/mol. The first-order valence-corrected chi connectivity index (χ1v) is 9.34. The molecule has 2 fully saturated rings. The fourth-order valence-corrected chi connectivity index (χ4v) is 4.76. The normalized spacial score (nSPS) is 31.2. The molecule has 4 aliphatic rings. The van der Waals surface area contributed by atoms with Crippen LogP contribution < -0.4 is 4.90 Å². The number of anilines is 1. The lowest BCUT2D eigenvalue weighted by molar-refractivity contribution is -0.184. The fraction of sp³-hybridized carbons (Fsp3) is 0.400. The number of imide groups is 1. The molecule has 0 saturated carbocycles. The van der Waals surface area contributed by atoms with E-state index in [9.17, 15) is 19.2 Å². The molecule has 0 aromatic heterocycles. The maximum absolute atomic E-state index is 13.3. The van der Waals surface area contributed by atoms with Gasteiger partial charge in [0.15, 0.2) is 0 Å². The molecule has 3 heterocycles. The molecule has 2 amide bonds. The summed E-state index contributed by atoms with van der Waals surface area (Å²) in [5.41, 5.74) is -0.639. The van der Waals surface area contributed by atoms with Gasteiger partial charge in [-0.25, -0.2) is 9.69 Å². The number of benzene rings is 1. The molecule has 28 heavy (non-hydrogen) atoms. The number of ether oxygens (including phenoxy) is 2. The number of hydrogen-bond acceptors (Lipinski definition) is 6. The second kappa shape index (κ2) is 6.17. The van der Waals surface area contributed by atoms with Crippen LogP contribution in [0.25, 0.3) is 0 Å². The van der Waals surface area contributed by atoms with E-state index in [-0.39, 0.29) is 12.2 Å². The minimum absolute atomic E-state index is 0.121. The first kappa shape index (κ1) is 18.7. The van der Waals surface area contributed by atoms with Crippen molar-refractivity contribution >= 4 is 41.0 Å². The minimum atomic E-state index is -1.58. The average molecular weight is 404 g/mol. The fourth-order valence-electron chi connectivity index (χ4n) is 4.63. The quantitative estimate of drug-likeness (QED) is 0.568. The van der Waals surface area contributed by atoms with E-state index in [1.54, 1.807) is 38.1 Å². The maximum atomic E-state index is 13.3. The summed E-state index contributed by atoms with van der Waals surface area (Å²) in [5.74, 6) is -4.23. The summed E-state index contributed by atoms with van der Waals surface area (Å²) >= 11 is 5.90. The van der Waals surface area contributed by atoms with Crippen LogP contribution in [0, 0.1) is 17.3 Å². The largest absolute Gasteiger partial charge is 0.463 e. The van der Waals surface area contributed by atoms with E-state index >= 15 is 0 Å². The summed E-state index contributed by atoms with van der Waals surface area (Å²) in [6, 6.07) is 6.28. The molecule has 5 rings (SSSR count). The molecule has 7 nitrogen and oxygen atoms in total. The van der Waals surface area contributed by atoms with Gasteiger partial charge in [0, 0.05) is 5.02 Å². The van der Waals surface area contributed by atoms with Crippen molar-refractivity contribution in [2.45, 2.75) is 26.9 Å². The Balaban J connectivity index is 1.85. The lowest BCUT2D eigenvalue weighted by Crippen LogP contribution is -2.60. The van der Waals surface area contributed by atoms with Gasteiger partial charge in [0.25, 0.3) is 0 Å². The molecule has 1 aliphatic carbocycles. The van der Waals surface area contributed by atoms with Crippen LogP contribution in [0.1, 0.15) is 20.8 Å². The van der Waals surface area contributed by atoms with Crippen LogP contribution in [0.15, 0.2) is 35.4 Å². The topological polar surface area (TPSA) is 90.0 Å². The summed E-state index contributed by atoms with van der Waals surface area (Å²) in [4.78, 5) is 52.9. The molecule has 0 radical (unpaired) electrons. The lowest BCUT2D eigenvalue weighted by atomic mass is 9.57. The van der Waals surface area contributed by atoms with Crippen molar-refractivity contribution in [3.8, 4) is 0 Å². The summed E-state index contributed by atoms with van der Waals surface area (Å²) in [5, 5.41) is 0.466. The van der Waals surface area contributed by atoms with Gasteiger partial charge in [0.1, 0.15) is 11.5 Å². The molecule has 2 saturated heterocycles. The van der Waals surface area contributed by atoms with E-state index < -0.39 is 47.1 Å². The highest BCUT2D eigenvalue weighted by atomic mass is 35.5. The third kappa shape index (κ3) is 2.22. The summed E-state index contributed by atoms with van der Waals surface area (Å²) in [7, 11) is 0. The Kier molecular flexibility index (Phi) is 4.12. The second-order valence-corrected chi connectivity index (χ2v) is 7.73. The van der Waals surface area contributed by atoms with E-state index in [2.05, 4.69) is 0 Å². The first-order valence-electron chi connectivity index (χ1n) is 8.96. The Bertz CT molecular complexity index is 952. The van der Waals surface area contributed by atoms with Gasteiger partial charge < -0.3 is 9.47 Å². The number of carbonyl (C=O) groups is 4. The van der Waals surface area contributed by atoms with Crippen molar-refractivity contribution in [1.29, 1.82) is 0 Å². The number of nitrogens with zero attached hydrogens (tertiary/aromatic N) is 1. The van der Waals surface area contributed by atoms with Gasteiger partial charge in [-0.15, -0.1) is 0 Å². The zero-order chi connectivity index (χ0) is 20.4. The molecule has 2 bridgehead atoms. The number of halogens is 1. The van der Waals surface area contributed by atoms with E-state index in [0.717, 1.165) is 4.90 Å². The highest BCUT2D eigenvalue weighted by Gasteiger charge is 2.71. The van der Waals surface area contributed by atoms with E-state index in [1.165, 1.54) is 6.92 Å². The smallest absolute Gasteiger partial charge is 0.335 e. The predicted molar refractivity (Wildman–Crippen MR) is 98.2 cm³/mol. The van der Waals surface area contributed by atoms with Gasteiger partial charge in [-0.2, -0.15) is 0 Å². The van der Waals surface area contributed by atoms with Crippen LogP contribution in [-0.2, 0) is 28.7 Å². The highest BCUT2D eigenvalue weighted by Crippen LogP contribution is 2.58. The van der Waals surface area contributed by atoms with Gasteiger partial charge in [-0.05, 0) is 50.6 Å². The van der Waals surface area contributed by atoms with E-state index in [0.29, 0.717) is 16.3 Å². The average Bonchev–Trinajstić information content (AvgIpc) is 2.90. The van der Waals surface area contributed by atoms with Crippen molar-refractivity contribution in [3.05, 3.63) is 40.4 Å². The number of amides is 2. The first-order chi connectivity index (χ1) is 13.2. The van der Waals surface area contributed by atoms with Crippen molar-refractivity contribution in [2.75, 3.05) is 11.5 Å². The van der Waals surface area contributed by atoms with Crippen LogP contribution in [0.5, 0.6) is 0 Å². The Morgan fingerprint density at radius 3 is 2.46 bits per heavy atom. The summed E-state index contributed by atoms with van der Waals surface area (Å²) in [6.45, 7) is 4.91. The van der Waals surface area contributed by atoms with Crippen LogP contribution in [0.4, 0.5) is 5.69 Å². The van der Waals surface area contributed by atoms with Gasteiger partial charge >= 0.3 is 11.9 Å². The van der Waals surface area contributed by atoms with Crippen LogP contribution >= 0.6 is 11.6 Å². The minimum Gasteiger partial charge on any atom is -0.463 e. The third-order valence-corrected chi connectivity index (χ3v) is 6.11. The molecule has 1 aromatic carbocycles. The number of esters is 2. The molecule has 0 unspecified atom stereocenters. The van der Waals surface area contributed by atoms with Gasteiger partial charge in [-0.3, -0.25) is 14.4 Å². The molecule has 3 aliphatic heterocycles. The Hall–Kier alpha value is -2.67. The van der Waals surface area contributed by atoms with Crippen LogP contribution in [0.3, 0.4) is 0 Å². The SMILES string of the molecule is CCOC(=O)C1=C(C)[C@H]2OC(=O)[C@@]1(C)[C@H]1C(=O)N(c3ccc(Cl)cc3)C(=O)[C@@H]21. The van der Waals surface area contributed by atoms with Crippen molar-refractivity contribution in [1.82, 2.24) is 0 Å². The molecule has 1 aromatic rings. The van der Waals surface area contributed by atoms with E-state index in [4.69, 9.17) is 21.1 Å². The number of rotatable bonds is 3. The van der Waals surface area contributed by atoms with Crippen molar-refractivity contribution < 1.29 is 28.7 Å². The van der Waals surface area contributed by atoms with E-state index in [1.807, 2.05) is 0 Å². The van der Waals surface area contributed by atoms with Crippen molar-refractivity contribution in [3.63, 3.8) is 0 Å². The highest BCUT2D eigenvalue weighted by molar-refractivity contribution is 6.31. The molecule has 4 atom stereocenters. The van der Waals surface area contributed by atoms with Crippen molar-refractivity contribution in [2.24, 2.45) is 17.3 Å². The van der Waals surface area contributed by atoms with Gasteiger partial charge in [-0.1, -0.05) is 11.6 Å². The summed E-state index contributed by atoms with van der Waals surface area (Å²) in [6.07, 6.45) is -0.965. The number of carbonyl (C=O) groups excluding carboxylic acids is 4. The summed E-state index contributed by atoms with van der Waals surface area (Å²) < 4.78 is 10.6. The lowest BCUT2D eigenvalue weighted by Gasteiger charge is -2.48. The maximum Gasteiger partial charge on any atom is 0.335 e. The van der Waals surface area contributed by atoms with Crippen LogP contribution in [-0.4, -0.2) is 36.5 Å². The molecule has 0 N–H and O–H groups in total. The van der Waals surface area contributed by atoms with Gasteiger partial charge in [0.05, 0.1) is 29.7 Å². The standard InChI is InChI=1S/C20H18ClNO6/c1-4-27-18(25)13-9(2)15-12-14(20(13,3)19(26)28-15)17(24)22(16(12)23)11-7-5-10(21)6-8-11/h5-8,12,14-15H,4H2,1-3H3/t12-,14-,15-,20-/m1/s1. The Morgan fingerprint density at radius 2 is 1.86 bits per heavy atom.